The number of likely N-dealkylation sites (tertiary alicyclic amines) is 1. The minimum absolute atomic E-state index is 0.0378. The standard InChI is InChI=1S/C41H55N5O9S/c1-25-33(56-24-44-25)27-13-11-26(12-14-27)22-43-35(48)31-21-29(47)23-46(31)37(50)34(40(2,3)4)45-36(49)32(39(53)55-41(5,6)7)42-19-9-8-10-20-54-30-17-15-28(16-18-30)38(51)52/h11-18,24,29,31-32,34,42,47H,8-10,19-23H2,1-7H3,(H,43,48)(H,45,49)(H,51,52)/t29-,31+,32?,34-/m1/s1. The Hall–Kier alpha value is -4.86. The lowest BCUT2D eigenvalue weighted by atomic mass is 9.85. The molecule has 2 heterocycles. The van der Waals surface area contributed by atoms with Crippen LogP contribution in [0.15, 0.2) is 54.0 Å². The number of carbonyl (C=O) groups is 5. The molecule has 0 bridgehead atoms. The van der Waals surface area contributed by atoms with Crippen molar-refractivity contribution >= 4 is 41.0 Å². The summed E-state index contributed by atoms with van der Waals surface area (Å²) in [5.41, 5.74) is 3.08. The number of rotatable bonds is 17. The van der Waals surface area contributed by atoms with Crippen LogP contribution in [-0.4, -0.2) is 99.3 Å². The number of aliphatic hydroxyl groups excluding tert-OH is 1. The van der Waals surface area contributed by atoms with Gasteiger partial charge in [0.15, 0.2) is 6.04 Å². The average molecular weight is 794 g/mol. The monoisotopic (exact) mass is 793 g/mol. The van der Waals surface area contributed by atoms with Crippen LogP contribution in [0.1, 0.15) is 88.8 Å². The number of aromatic nitrogens is 1. The molecule has 4 rings (SSSR count). The number of aliphatic hydroxyl groups is 1. The van der Waals surface area contributed by atoms with E-state index in [1.807, 2.05) is 31.2 Å². The number of esters is 1. The zero-order chi connectivity index (χ0) is 41.2. The number of ether oxygens (including phenoxy) is 2. The van der Waals surface area contributed by atoms with Crippen molar-refractivity contribution in [2.45, 2.75) is 111 Å². The molecule has 1 fully saturated rings. The van der Waals surface area contributed by atoms with Gasteiger partial charge in [0, 0.05) is 19.5 Å². The second kappa shape index (κ2) is 19.3. The van der Waals surface area contributed by atoms with E-state index in [2.05, 4.69) is 20.9 Å². The van der Waals surface area contributed by atoms with Gasteiger partial charge in [-0.2, -0.15) is 0 Å². The molecule has 56 heavy (non-hydrogen) atoms. The molecule has 1 aliphatic rings. The Morgan fingerprint density at radius 1 is 0.964 bits per heavy atom. The maximum absolute atomic E-state index is 14.2. The van der Waals surface area contributed by atoms with Crippen molar-refractivity contribution in [2.75, 3.05) is 19.7 Å². The molecule has 4 atom stereocenters. The summed E-state index contributed by atoms with van der Waals surface area (Å²) in [7, 11) is 0. The van der Waals surface area contributed by atoms with Crippen molar-refractivity contribution in [1.29, 1.82) is 0 Å². The quantitative estimate of drug-likeness (QED) is 0.0735. The van der Waals surface area contributed by atoms with Gasteiger partial charge in [-0.25, -0.2) is 14.6 Å². The van der Waals surface area contributed by atoms with Crippen LogP contribution in [0.25, 0.3) is 10.4 Å². The molecule has 1 aromatic heterocycles. The first-order valence-corrected chi connectivity index (χ1v) is 19.7. The summed E-state index contributed by atoms with van der Waals surface area (Å²) in [6, 6.07) is 10.4. The van der Waals surface area contributed by atoms with Crippen LogP contribution in [0, 0.1) is 12.3 Å². The molecule has 2 aromatic carbocycles. The number of carbonyl (C=O) groups excluding carboxylic acids is 4. The van der Waals surface area contributed by atoms with Gasteiger partial charge in [0.05, 0.1) is 34.4 Å². The Kier molecular flexibility index (Phi) is 15.1. The normalized spacial score (nSPS) is 16.8. The van der Waals surface area contributed by atoms with Crippen LogP contribution in [-0.2, 0) is 30.5 Å². The predicted octanol–water partition coefficient (Wildman–Crippen LogP) is 4.47. The number of benzene rings is 2. The minimum atomic E-state index is -1.43. The molecule has 3 aromatic rings. The Balaban J connectivity index is 1.36. The van der Waals surface area contributed by atoms with Gasteiger partial charge in [-0.15, -0.1) is 11.3 Å². The molecule has 1 aliphatic heterocycles. The molecule has 0 radical (unpaired) electrons. The number of carboxylic acid groups (broad SMARTS) is 1. The molecular weight excluding hydrogens is 739 g/mol. The third kappa shape index (κ3) is 12.6. The summed E-state index contributed by atoms with van der Waals surface area (Å²) in [6.45, 7) is 13.1. The van der Waals surface area contributed by atoms with Crippen molar-refractivity contribution in [3.05, 3.63) is 70.9 Å². The number of amides is 3. The topological polar surface area (TPSA) is 196 Å². The smallest absolute Gasteiger partial charge is 0.335 e. The molecule has 3 amide bonds. The van der Waals surface area contributed by atoms with Gasteiger partial charge in [-0.3, -0.25) is 19.7 Å². The van der Waals surface area contributed by atoms with Gasteiger partial charge >= 0.3 is 11.9 Å². The van der Waals surface area contributed by atoms with Crippen LogP contribution in [0.4, 0.5) is 0 Å². The second-order valence-electron chi connectivity index (χ2n) is 16.0. The molecule has 1 unspecified atom stereocenters. The zero-order valence-corrected chi connectivity index (χ0v) is 34.0. The van der Waals surface area contributed by atoms with E-state index in [4.69, 9.17) is 14.6 Å². The minimum Gasteiger partial charge on any atom is -0.494 e. The molecule has 0 aliphatic carbocycles. The highest BCUT2D eigenvalue weighted by Crippen LogP contribution is 2.28. The third-order valence-electron chi connectivity index (χ3n) is 9.14. The van der Waals surface area contributed by atoms with E-state index in [0.29, 0.717) is 31.6 Å². The van der Waals surface area contributed by atoms with E-state index >= 15 is 0 Å². The number of thiazole rings is 1. The van der Waals surface area contributed by atoms with Crippen LogP contribution >= 0.6 is 11.3 Å². The average Bonchev–Trinajstić information content (AvgIpc) is 3.74. The fourth-order valence-corrected chi connectivity index (χ4v) is 7.00. The number of nitrogens with zero attached hydrogens (tertiary/aromatic N) is 2. The number of aryl methyl sites for hydroxylation is 1. The lowest BCUT2D eigenvalue weighted by Gasteiger charge is -2.36. The first-order valence-electron chi connectivity index (χ1n) is 18.8. The lowest BCUT2D eigenvalue weighted by Crippen LogP contribution is -2.61. The van der Waals surface area contributed by atoms with E-state index in [0.717, 1.165) is 21.7 Å². The van der Waals surface area contributed by atoms with Gasteiger partial charge in [-0.05, 0) is 94.3 Å². The molecule has 15 heteroatoms. The summed E-state index contributed by atoms with van der Waals surface area (Å²) >= 11 is 1.56. The predicted molar refractivity (Wildman–Crippen MR) is 212 cm³/mol. The molecular formula is C41H55N5O9S. The number of hydrogen-bond donors (Lipinski definition) is 5. The van der Waals surface area contributed by atoms with Crippen LogP contribution in [0.3, 0.4) is 0 Å². The number of β-amino-alcohol motifs (C(OH)–C–C–N with tert-alkyl or cyclic N) is 1. The van der Waals surface area contributed by atoms with Gasteiger partial charge in [0.1, 0.15) is 23.4 Å². The van der Waals surface area contributed by atoms with E-state index in [1.165, 1.54) is 17.0 Å². The van der Waals surface area contributed by atoms with Gasteiger partial charge in [0.2, 0.25) is 17.7 Å². The Labute approximate surface area is 332 Å². The van der Waals surface area contributed by atoms with Gasteiger partial charge in [0.25, 0.3) is 0 Å². The molecule has 5 N–H and O–H groups in total. The summed E-state index contributed by atoms with van der Waals surface area (Å²) in [5, 5.41) is 28.4. The first-order chi connectivity index (χ1) is 26.3. The van der Waals surface area contributed by atoms with E-state index in [-0.39, 0.29) is 31.6 Å². The molecule has 0 spiro atoms. The van der Waals surface area contributed by atoms with Crippen LogP contribution < -0.4 is 20.7 Å². The highest BCUT2D eigenvalue weighted by atomic mass is 32.1. The summed E-state index contributed by atoms with van der Waals surface area (Å²) in [6.07, 6.45) is 1.06. The van der Waals surface area contributed by atoms with Crippen LogP contribution in [0.5, 0.6) is 5.75 Å². The SMILES string of the molecule is Cc1ncsc1-c1ccc(CNC(=O)[C@@H]2C[C@@H](O)CN2C(=O)[C@@H](NC(=O)C(NCCCCCOc2ccc(C(=O)O)cc2)C(=O)OC(C)(C)C)C(C)(C)C)cc1. The largest absolute Gasteiger partial charge is 0.494 e. The molecule has 1 saturated heterocycles. The molecule has 304 valence electrons. The third-order valence-corrected chi connectivity index (χ3v) is 10.1. The highest BCUT2D eigenvalue weighted by Gasteiger charge is 2.45. The number of unbranched alkanes of at least 4 members (excludes halogenated alkanes) is 2. The van der Waals surface area contributed by atoms with Gasteiger partial charge in [-0.1, -0.05) is 45.0 Å². The Bertz CT molecular complexity index is 1820. The number of aromatic carboxylic acids is 1. The first kappa shape index (κ1) is 43.9. The highest BCUT2D eigenvalue weighted by molar-refractivity contribution is 7.13. The number of nitrogens with one attached hydrogen (secondary N) is 3. The van der Waals surface area contributed by atoms with E-state index < -0.39 is 64.9 Å². The fraction of sp³-hybridized carbons (Fsp3) is 0.512. The number of hydrogen-bond acceptors (Lipinski definition) is 11. The lowest BCUT2D eigenvalue weighted by molar-refractivity contribution is -0.160. The van der Waals surface area contributed by atoms with Crippen molar-refractivity contribution in [1.82, 2.24) is 25.8 Å². The zero-order valence-electron chi connectivity index (χ0n) is 33.2. The summed E-state index contributed by atoms with van der Waals surface area (Å²) in [5.74, 6) is -2.98. The maximum Gasteiger partial charge on any atom is 0.335 e. The van der Waals surface area contributed by atoms with Gasteiger partial charge < -0.3 is 35.2 Å². The van der Waals surface area contributed by atoms with Crippen LogP contribution in [0.2, 0.25) is 0 Å². The molecule has 0 saturated carbocycles. The van der Waals surface area contributed by atoms with Crippen molar-refractivity contribution < 1.29 is 43.7 Å². The second-order valence-corrected chi connectivity index (χ2v) is 16.9. The van der Waals surface area contributed by atoms with Crippen molar-refractivity contribution in [3.8, 4) is 16.2 Å². The van der Waals surface area contributed by atoms with E-state index in [9.17, 15) is 29.1 Å². The van der Waals surface area contributed by atoms with Crippen molar-refractivity contribution in [2.24, 2.45) is 5.41 Å². The maximum atomic E-state index is 14.2. The fourth-order valence-electron chi connectivity index (χ4n) is 6.18. The summed E-state index contributed by atoms with van der Waals surface area (Å²) < 4.78 is 11.3. The van der Waals surface area contributed by atoms with Crippen molar-refractivity contribution in [3.63, 3.8) is 0 Å². The molecule has 14 nitrogen and oxygen atoms in total. The Morgan fingerprint density at radius 3 is 2.23 bits per heavy atom. The Morgan fingerprint density at radius 2 is 1.64 bits per heavy atom. The van der Waals surface area contributed by atoms with E-state index in [1.54, 1.807) is 70.5 Å². The number of carboxylic acids is 1. The summed E-state index contributed by atoms with van der Waals surface area (Å²) in [4.78, 5) is 72.7.